The molecule has 0 fully saturated rings. The van der Waals surface area contributed by atoms with Gasteiger partial charge in [0, 0.05) is 6.07 Å². The topological polar surface area (TPSA) is 61.5 Å². The molecule has 0 unspecified atom stereocenters. The summed E-state index contributed by atoms with van der Waals surface area (Å²) < 4.78 is 22.3. The number of carbonyl (C=O) groups excluding carboxylic acids is 1. The molecule has 0 atom stereocenters. The Kier molecular flexibility index (Phi) is 3.91. The third-order valence-corrected chi connectivity index (χ3v) is 1.77. The fraction of sp³-hybridized carbons (Fsp3) is 0.300. The van der Waals surface area contributed by atoms with Crippen LogP contribution in [0.5, 0.6) is 5.75 Å². The lowest BCUT2D eigenvalue weighted by Gasteiger charge is -2.07. The molecular formula is C10H12FNO3. The molecule has 0 spiro atoms. The third-order valence-electron chi connectivity index (χ3n) is 1.77. The van der Waals surface area contributed by atoms with E-state index in [2.05, 4.69) is 4.74 Å². The number of esters is 1. The van der Waals surface area contributed by atoms with Gasteiger partial charge in [-0.25, -0.2) is 4.39 Å². The maximum absolute atomic E-state index is 12.8. The van der Waals surface area contributed by atoms with Gasteiger partial charge in [-0.2, -0.15) is 0 Å². The zero-order valence-corrected chi connectivity index (χ0v) is 8.33. The first-order valence-corrected chi connectivity index (χ1v) is 4.38. The molecule has 0 radical (unpaired) electrons. The third kappa shape index (κ3) is 3.46. The second-order valence-electron chi connectivity index (χ2n) is 2.86. The number of carbonyl (C=O) groups is 1. The van der Waals surface area contributed by atoms with Crippen LogP contribution in [0.2, 0.25) is 0 Å². The molecule has 0 bridgehead atoms. The van der Waals surface area contributed by atoms with Crippen molar-refractivity contribution in [3.05, 3.63) is 24.0 Å². The SMILES string of the molecule is COC(=O)CCOc1cc(F)ccc1N. The van der Waals surface area contributed by atoms with Crippen molar-refractivity contribution in [2.24, 2.45) is 0 Å². The van der Waals surface area contributed by atoms with Crippen LogP contribution in [-0.4, -0.2) is 19.7 Å². The Morgan fingerprint density at radius 3 is 2.93 bits per heavy atom. The smallest absolute Gasteiger partial charge is 0.308 e. The largest absolute Gasteiger partial charge is 0.491 e. The van der Waals surface area contributed by atoms with Gasteiger partial charge in [0.15, 0.2) is 0 Å². The molecule has 0 saturated carbocycles. The van der Waals surface area contributed by atoms with Crippen molar-refractivity contribution in [1.82, 2.24) is 0 Å². The second-order valence-corrected chi connectivity index (χ2v) is 2.86. The van der Waals surface area contributed by atoms with Crippen LogP contribution in [0.4, 0.5) is 10.1 Å². The van der Waals surface area contributed by atoms with Crippen LogP contribution in [0, 0.1) is 5.82 Å². The molecule has 0 aromatic heterocycles. The summed E-state index contributed by atoms with van der Waals surface area (Å²) in [6.45, 7) is 0.111. The molecule has 0 saturated heterocycles. The fourth-order valence-electron chi connectivity index (χ4n) is 0.980. The Hall–Kier alpha value is -1.78. The van der Waals surface area contributed by atoms with Crippen molar-refractivity contribution in [1.29, 1.82) is 0 Å². The van der Waals surface area contributed by atoms with E-state index in [4.69, 9.17) is 10.5 Å². The van der Waals surface area contributed by atoms with Crippen LogP contribution < -0.4 is 10.5 Å². The molecule has 0 aliphatic carbocycles. The Balaban J connectivity index is 2.50. The maximum Gasteiger partial charge on any atom is 0.308 e. The average molecular weight is 213 g/mol. The van der Waals surface area contributed by atoms with Crippen molar-refractivity contribution >= 4 is 11.7 Å². The molecule has 0 aliphatic heterocycles. The maximum atomic E-state index is 12.8. The van der Waals surface area contributed by atoms with E-state index in [0.717, 1.165) is 0 Å². The van der Waals surface area contributed by atoms with Crippen LogP contribution in [0.25, 0.3) is 0 Å². The minimum absolute atomic E-state index is 0.104. The van der Waals surface area contributed by atoms with Gasteiger partial charge >= 0.3 is 5.97 Å². The lowest BCUT2D eigenvalue weighted by molar-refractivity contribution is -0.141. The Morgan fingerprint density at radius 2 is 2.27 bits per heavy atom. The van der Waals surface area contributed by atoms with Gasteiger partial charge < -0.3 is 15.2 Å². The number of rotatable bonds is 4. The molecule has 4 nitrogen and oxygen atoms in total. The summed E-state index contributed by atoms with van der Waals surface area (Å²) in [6.07, 6.45) is 0.104. The van der Waals surface area contributed by atoms with Crippen LogP contribution in [0.3, 0.4) is 0 Å². The van der Waals surface area contributed by atoms with Gasteiger partial charge in [-0.1, -0.05) is 0 Å². The van der Waals surface area contributed by atoms with E-state index in [1.54, 1.807) is 0 Å². The average Bonchev–Trinajstić information content (AvgIpc) is 2.23. The summed E-state index contributed by atoms with van der Waals surface area (Å²) in [5.41, 5.74) is 5.87. The molecule has 1 rings (SSSR count). The first kappa shape index (κ1) is 11.3. The van der Waals surface area contributed by atoms with E-state index < -0.39 is 5.82 Å². The standard InChI is InChI=1S/C10H12FNO3/c1-14-10(13)4-5-15-9-6-7(11)2-3-8(9)12/h2-3,6H,4-5,12H2,1H3. The highest BCUT2D eigenvalue weighted by atomic mass is 19.1. The number of nitrogens with two attached hydrogens (primary N) is 1. The first-order chi connectivity index (χ1) is 7.13. The monoisotopic (exact) mass is 213 g/mol. The Bertz CT molecular complexity index is 355. The van der Waals surface area contributed by atoms with Crippen molar-refractivity contribution < 1.29 is 18.7 Å². The molecule has 1 aromatic carbocycles. The highest BCUT2D eigenvalue weighted by molar-refractivity contribution is 5.69. The van der Waals surface area contributed by atoms with Gasteiger partial charge in [-0.05, 0) is 12.1 Å². The van der Waals surface area contributed by atoms with Gasteiger partial charge in [-0.3, -0.25) is 4.79 Å². The van der Waals surface area contributed by atoms with Gasteiger partial charge in [0.25, 0.3) is 0 Å². The van der Waals surface area contributed by atoms with Crippen molar-refractivity contribution in [3.8, 4) is 5.75 Å². The summed E-state index contributed by atoms with van der Waals surface area (Å²) in [5, 5.41) is 0. The number of hydrogen-bond donors (Lipinski definition) is 1. The van der Waals surface area contributed by atoms with Crippen LogP contribution in [-0.2, 0) is 9.53 Å². The summed E-state index contributed by atoms with van der Waals surface area (Å²) in [5.74, 6) is -0.582. The number of nitrogen functional groups attached to an aromatic ring is 1. The molecule has 0 heterocycles. The van der Waals surface area contributed by atoms with Crippen molar-refractivity contribution in [2.75, 3.05) is 19.5 Å². The quantitative estimate of drug-likeness (QED) is 0.605. The minimum Gasteiger partial charge on any atom is -0.491 e. The van der Waals surface area contributed by atoms with E-state index in [1.165, 1.54) is 25.3 Å². The van der Waals surface area contributed by atoms with Crippen LogP contribution in [0.1, 0.15) is 6.42 Å². The van der Waals surface area contributed by atoms with Gasteiger partial charge in [0.05, 0.1) is 25.8 Å². The number of hydrogen-bond acceptors (Lipinski definition) is 4. The van der Waals surface area contributed by atoms with Gasteiger partial charge in [0.2, 0.25) is 0 Å². The number of halogens is 1. The van der Waals surface area contributed by atoms with Crippen molar-refractivity contribution in [3.63, 3.8) is 0 Å². The molecule has 0 aliphatic rings. The van der Waals surface area contributed by atoms with E-state index in [-0.39, 0.29) is 24.7 Å². The highest BCUT2D eigenvalue weighted by Gasteiger charge is 2.04. The molecule has 0 amide bonds. The number of benzene rings is 1. The first-order valence-electron chi connectivity index (χ1n) is 4.38. The van der Waals surface area contributed by atoms with E-state index in [1.807, 2.05) is 0 Å². The predicted octanol–water partition coefficient (Wildman–Crippen LogP) is 1.35. The molecule has 82 valence electrons. The van der Waals surface area contributed by atoms with Gasteiger partial charge in [-0.15, -0.1) is 0 Å². The summed E-state index contributed by atoms with van der Waals surface area (Å²) in [6, 6.07) is 3.82. The summed E-state index contributed by atoms with van der Waals surface area (Å²) in [4.78, 5) is 10.7. The molecular weight excluding hydrogens is 201 g/mol. The van der Waals surface area contributed by atoms with Crippen LogP contribution >= 0.6 is 0 Å². The normalized spacial score (nSPS) is 9.73. The number of ether oxygens (including phenoxy) is 2. The summed E-state index contributed by atoms with van der Waals surface area (Å²) >= 11 is 0. The van der Waals surface area contributed by atoms with Gasteiger partial charge in [0.1, 0.15) is 11.6 Å². The zero-order valence-electron chi connectivity index (χ0n) is 8.33. The Labute approximate surface area is 86.8 Å². The predicted molar refractivity (Wildman–Crippen MR) is 52.9 cm³/mol. The minimum atomic E-state index is -0.433. The van der Waals surface area contributed by atoms with E-state index >= 15 is 0 Å². The molecule has 1 aromatic rings. The van der Waals surface area contributed by atoms with Crippen LogP contribution in [0.15, 0.2) is 18.2 Å². The number of anilines is 1. The molecule has 2 N–H and O–H groups in total. The lowest BCUT2D eigenvalue weighted by Crippen LogP contribution is -2.08. The zero-order chi connectivity index (χ0) is 11.3. The Morgan fingerprint density at radius 1 is 1.53 bits per heavy atom. The van der Waals surface area contributed by atoms with E-state index in [0.29, 0.717) is 5.69 Å². The molecule has 5 heteroatoms. The van der Waals surface area contributed by atoms with E-state index in [9.17, 15) is 9.18 Å². The second kappa shape index (κ2) is 5.19. The van der Waals surface area contributed by atoms with Crippen molar-refractivity contribution in [2.45, 2.75) is 6.42 Å². The molecule has 15 heavy (non-hydrogen) atoms. The number of methoxy groups -OCH3 is 1. The fourth-order valence-corrected chi connectivity index (χ4v) is 0.980. The summed E-state index contributed by atoms with van der Waals surface area (Å²) in [7, 11) is 1.29. The lowest BCUT2D eigenvalue weighted by atomic mass is 10.3. The highest BCUT2D eigenvalue weighted by Crippen LogP contribution is 2.21.